The topological polar surface area (TPSA) is 84.2 Å². The minimum atomic E-state index is -0.215. The summed E-state index contributed by atoms with van der Waals surface area (Å²) in [7, 11) is 2.11. The molecule has 8 heteroatoms. The number of aromatic nitrogens is 4. The zero-order valence-electron chi connectivity index (χ0n) is 18.1. The minimum absolute atomic E-state index is 0.215. The molecule has 0 fully saturated rings. The van der Waals surface area contributed by atoms with E-state index in [9.17, 15) is 9.59 Å². The maximum Gasteiger partial charge on any atom is 0.261 e. The van der Waals surface area contributed by atoms with Crippen LogP contribution in [0.3, 0.4) is 0 Å². The summed E-state index contributed by atoms with van der Waals surface area (Å²) >= 11 is 0. The van der Waals surface area contributed by atoms with Gasteiger partial charge in [-0.15, -0.1) is 5.10 Å². The summed E-state index contributed by atoms with van der Waals surface area (Å²) in [5, 5.41) is 8.56. The van der Waals surface area contributed by atoms with E-state index in [1.165, 1.54) is 16.2 Å². The van der Waals surface area contributed by atoms with Crippen molar-refractivity contribution < 1.29 is 9.59 Å². The van der Waals surface area contributed by atoms with Crippen molar-refractivity contribution in [1.82, 2.24) is 29.8 Å². The lowest BCUT2D eigenvalue weighted by molar-refractivity contribution is 0.0650. The SMILES string of the molecule is CN(Cc1cn(CCCN2C(=O)c3ccccc3C2=O)nn1)C1CCCc2cccnc21. The summed E-state index contributed by atoms with van der Waals surface area (Å²) in [6.45, 7) is 1.66. The summed E-state index contributed by atoms with van der Waals surface area (Å²) in [4.78, 5) is 33.2. The van der Waals surface area contributed by atoms with E-state index in [0.717, 1.165) is 25.0 Å². The average molecular weight is 431 g/mol. The highest BCUT2D eigenvalue weighted by molar-refractivity contribution is 6.21. The van der Waals surface area contributed by atoms with Gasteiger partial charge < -0.3 is 0 Å². The Morgan fingerprint density at radius 3 is 2.62 bits per heavy atom. The van der Waals surface area contributed by atoms with Gasteiger partial charge in [-0.3, -0.25) is 29.1 Å². The number of fused-ring (bicyclic) bond motifs is 2. The summed E-state index contributed by atoms with van der Waals surface area (Å²) in [6, 6.07) is 11.4. The molecule has 2 aromatic heterocycles. The highest BCUT2D eigenvalue weighted by Crippen LogP contribution is 2.32. The van der Waals surface area contributed by atoms with Crippen LogP contribution in [0.2, 0.25) is 0 Å². The van der Waals surface area contributed by atoms with Crippen LogP contribution in [-0.4, -0.2) is 55.2 Å². The van der Waals surface area contributed by atoms with Crippen LogP contribution in [0, 0.1) is 0 Å². The summed E-state index contributed by atoms with van der Waals surface area (Å²) in [5.41, 5.74) is 4.39. The summed E-state index contributed by atoms with van der Waals surface area (Å²) < 4.78 is 1.79. The standard InChI is InChI=1S/C24H26N6O2/c1-28(21-11-4-7-17-8-5-12-25-22(17)21)15-18-16-29(27-26-18)13-6-14-30-23(31)19-9-2-3-10-20(19)24(30)32/h2-3,5,8-10,12,16,21H,4,6-7,11,13-15H2,1H3. The quantitative estimate of drug-likeness (QED) is 0.536. The van der Waals surface area contributed by atoms with Gasteiger partial charge in [-0.25, -0.2) is 0 Å². The molecule has 0 saturated heterocycles. The molecule has 1 aromatic carbocycles. The molecule has 0 bridgehead atoms. The van der Waals surface area contributed by atoms with E-state index in [1.807, 2.05) is 18.5 Å². The van der Waals surface area contributed by atoms with Gasteiger partial charge in [-0.1, -0.05) is 23.4 Å². The number of rotatable bonds is 7. The highest BCUT2D eigenvalue weighted by Gasteiger charge is 2.34. The number of nitrogens with zero attached hydrogens (tertiary/aromatic N) is 6. The Bertz CT molecular complexity index is 1120. The van der Waals surface area contributed by atoms with Crippen LogP contribution in [0.5, 0.6) is 0 Å². The van der Waals surface area contributed by atoms with E-state index >= 15 is 0 Å². The number of hydrogen-bond acceptors (Lipinski definition) is 6. The fraction of sp³-hybridized carbons (Fsp3) is 0.375. The Hall–Kier alpha value is -3.39. The van der Waals surface area contributed by atoms with Gasteiger partial charge in [-0.05, 0) is 56.5 Å². The summed E-state index contributed by atoms with van der Waals surface area (Å²) in [5.74, 6) is -0.430. The molecule has 164 valence electrons. The first-order chi connectivity index (χ1) is 15.6. The lowest BCUT2D eigenvalue weighted by Crippen LogP contribution is -2.31. The first-order valence-electron chi connectivity index (χ1n) is 11.1. The van der Waals surface area contributed by atoms with Gasteiger partial charge in [0.05, 0.1) is 28.6 Å². The lowest BCUT2D eigenvalue weighted by Gasteiger charge is -2.31. The van der Waals surface area contributed by atoms with Crippen LogP contribution >= 0.6 is 0 Å². The lowest BCUT2D eigenvalue weighted by atomic mass is 9.91. The Morgan fingerprint density at radius 2 is 1.84 bits per heavy atom. The molecular formula is C24H26N6O2. The van der Waals surface area contributed by atoms with Crippen LogP contribution in [0.15, 0.2) is 48.8 Å². The third-order valence-electron chi connectivity index (χ3n) is 6.34. The van der Waals surface area contributed by atoms with Crippen LogP contribution in [-0.2, 0) is 19.5 Å². The van der Waals surface area contributed by atoms with Crippen LogP contribution in [0.25, 0.3) is 0 Å². The van der Waals surface area contributed by atoms with E-state index < -0.39 is 0 Å². The molecule has 2 aliphatic rings. The molecule has 1 aliphatic heterocycles. The fourth-order valence-electron chi connectivity index (χ4n) is 4.73. The van der Waals surface area contributed by atoms with E-state index in [4.69, 9.17) is 0 Å². The van der Waals surface area contributed by atoms with Crippen molar-refractivity contribution in [1.29, 1.82) is 0 Å². The van der Waals surface area contributed by atoms with Gasteiger partial charge in [0.15, 0.2) is 0 Å². The number of benzene rings is 1. The minimum Gasteiger partial charge on any atom is -0.292 e. The largest absolute Gasteiger partial charge is 0.292 e. The third-order valence-corrected chi connectivity index (χ3v) is 6.34. The van der Waals surface area contributed by atoms with Gasteiger partial charge in [-0.2, -0.15) is 0 Å². The maximum atomic E-state index is 12.5. The number of hydrogen-bond donors (Lipinski definition) is 0. The number of carbonyl (C=O) groups excluding carboxylic acids is 2. The van der Waals surface area contributed by atoms with E-state index in [1.54, 1.807) is 28.9 Å². The molecule has 32 heavy (non-hydrogen) atoms. The predicted molar refractivity (Wildman–Crippen MR) is 118 cm³/mol. The second-order valence-corrected chi connectivity index (χ2v) is 8.50. The zero-order valence-corrected chi connectivity index (χ0v) is 18.1. The molecule has 1 atom stereocenters. The second kappa shape index (κ2) is 8.63. The van der Waals surface area contributed by atoms with Gasteiger partial charge in [0.2, 0.25) is 0 Å². The van der Waals surface area contributed by atoms with Gasteiger partial charge >= 0.3 is 0 Å². The molecule has 0 N–H and O–H groups in total. The van der Waals surface area contributed by atoms with Gasteiger partial charge in [0.1, 0.15) is 0 Å². The number of aryl methyl sites for hydroxylation is 2. The summed E-state index contributed by atoms with van der Waals surface area (Å²) in [6.07, 6.45) is 7.80. The second-order valence-electron chi connectivity index (χ2n) is 8.50. The van der Waals surface area contributed by atoms with Crippen molar-refractivity contribution in [2.45, 2.75) is 44.8 Å². The van der Waals surface area contributed by atoms with E-state index in [-0.39, 0.29) is 11.8 Å². The molecule has 2 amide bonds. The van der Waals surface area contributed by atoms with Crippen LogP contribution < -0.4 is 0 Å². The molecule has 5 rings (SSSR count). The van der Waals surface area contributed by atoms with E-state index in [0.29, 0.717) is 43.2 Å². The Labute approximate surface area is 186 Å². The molecule has 0 spiro atoms. The number of pyridine rings is 1. The molecule has 1 unspecified atom stereocenters. The Kier molecular flexibility index (Phi) is 5.53. The third kappa shape index (κ3) is 3.82. The Balaban J connectivity index is 1.16. The molecular weight excluding hydrogens is 404 g/mol. The van der Waals surface area contributed by atoms with Gasteiger partial charge in [0.25, 0.3) is 11.8 Å². The Morgan fingerprint density at radius 1 is 1.06 bits per heavy atom. The smallest absolute Gasteiger partial charge is 0.261 e. The predicted octanol–water partition coefficient (Wildman–Crippen LogP) is 2.87. The first-order valence-corrected chi connectivity index (χ1v) is 11.1. The van der Waals surface area contributed by atoms with Crippen molar-refractivity contribution in [2.75, 3.05) is 13.6 Å². The molecule has 0 saturated carbocycles. The monoisotopic (exact) mass is 430 g/mol. The fourth-order valence-corrected chi connectivity index (χ4v) is 4.73. The van der Waals surface area contributed by atoms with Crippen molar-refractivity contribution >= 4 is 11.8 Å². The molecule has 3 aromatic rings. The van der Waals surface area contributed by atoms with Crippen molar-refractivity contribution in [3.05, 3.63) is 76.9 Å². The van der Waals surface area contributed by atoms with Crippen molar-refractivity contribution in [2.24, 2.45) is 0 Å². The molecule has 1 aliphatic carbocycles. The zero-order chi connectivity index (χ0) is 22.1. The highest BCUT2D eigenvalue weighted by atomic mass is 16.2. The van der Waals surface area contributed by atoms with Crippen LogP contribution in [0.4, 0.5) is 0 Å². The molecule has 3 heterocycles. The van der Waals surface area contributed by atoms with Crippen molar-refractivity contribution in [3.8, 4) is 0 Å². The maximum absolute atomic E-state index is 12.5. The average Bonchev–Trinajstić information content (AvgIpc) is 3.36. The molecule has 8 nitrogen and oxygen atoms in total. The molecule has 0 radical (unpaired) electrons. The number of carbonyl (C=O) groups is 2. The number of amides is 2. The van der Waals surface area contributed by atoms with Gasteiger partial charge in [0, 0.05) is 32.0 Å². The number of imide groups is 1. The van der Waals surface area contributed by atoms with E-state index in [2.05, 4.69) is 33.3 Å². The van der Waals surface area contributed by atoms with Crippen molar-refractivity contribution in [3.63, 3.8) is 0 Å². The van der Waals surface area contributed by atoms with Crippen LogP contribution in [0.1, 0.15) is 63.0 Å². The normalized spacial score (nSPS) is 17.7. The first kappa shape index (κ1) is 20.5.